The fourth-order valence-corrected chi connectivity index (χ4v) is 3.60. The molecule has 0 fully saturated rings. The Morgan fingerprint density at radius 2 is 2.23 bits per heavy atom. The van der Waals surface area contributed by atoms with E-state index in [-0.39, 0.29) is 5.92 Å². The summed E-state index contributed by atoms with van der Waals surface area (Å²) in [6.45, 7) is 4.93. The molecule has 0 amide bonds. The van der Waals surface area contributed by atoms with Crippen LogP contribution >= 0.6 is 22.9 Å². The van der Waals surface area contributed by atoms with E-state index < -0.39 is 0 Å². The fourth-order valence-electron chi connectivity index (χ4n) is 2.68. The predicted octanol–water partition coefficient (Wildman–Crippen LogP) is 3.88. The van der Waals surface area contributed by atoms with E-state index in [1.165, 1.54) is 0 Å². The highest BCUT2D eigenvalue weighted by molar-refractivity contribution is 7.14. The Labute approximate surface area is 137 Å². The van der Waals surface area contributed by atoms with Crippen LogP contribution in [0.25, 0.3) is 16.4 Å². The minimum atomic E-state index is 0.251. The highest BCUT2D eigenvalue weighted by Gasteiger charge is 2.25. The number of nitrogens with zero attached hydrogens (tertiary/aromatic N) is 4. The van der Waals surface area contributed by atoms with Crippen LogP contribution in [0, 0.1) is 6.92 Å². The van der Waals surface area contributed by atoms with Crippen LogP contribution in [-0.4, -0.2) is 26.3 Å². The van der Waals surface area contributed by atoms with Gasteiger partial charge in [-0.2, -0.15) is 0 Å². The zero-order valence-corrected chi connectivity index (χ0v) is 13.7. The Hall–Kier alpha value is -1.92. The van der Waals surface area contributed by atoms with E-state index in [0.29, 0.717) is 5.02 Å². The normalized spacial score (nSPS) is 16.6. The number of aromatic nitrogens is 4. The molecule has 3 heterocycles. The third kappa shape index (κ3) is 2.10. The molecular weight excluding hydrogens is 318 g/mol. The van der Waals surface area contributed by atoms with Gasteiger partial charge in [-0.15, -0.1) is 21.5 Å². The van der Waals surface area contributed by atoms with Gasteiger partial charge in [-0.05, 0) is 25.1 Å². The van der Waals surface area contributed by atoms with E-state index in [2.05, 4.69) is 32.0 Å². The van der Waals surface area contributed by atoms with Gasteiger partial charge in [-0.25, -0.2) is 4.98 Å². The van der Waals surface area contributed by atoms with Gasteiger partial charge in [0.25, 0.3) is 0 Å². The second-order valence-corrected chi connectivity index (χ2v) is 7.08. The van der Waals surface area contributed by atoms with Gasteiger partial charge in [0.05, 0.1) is 21.3 Å². The summed E-state index contributed by atoms with van der Waals surface area (Å²) in [5.74, 6) is 2.04. The van der Waals surface area contributed by atoms with Gasteiger partial charge in [0, 0.05) is 23.7 Å². The molecule has 0 radical (unpaired) electrons. The number of aryl methyl sites for hydroxylation is 1. The van der Waals surface area contributed by atoms with Gasteiger partial charge >= 0.3 is 0 Å². The number of fused-ring (bicyclic) bond motifs is 3. The van der Waals surface area contributed by atoms with E-state index in [0.717, 1.165) is 39.5 Å². The van der Waals surface area contributed by atoms with Crippen molar-refractivity contribution < 1.29 is 0 Å². The monoisotopic (exact) mass is 331 g/mol. The molecule has 0 spiro atoms. The molecule has 1 atom stereocenters. The first-order chi connectivity index (χ1) is 10.6. The summed E-state index contributed by atoms with van der Waals surface area (Å²) in [5.41, 5.74) is 2.02. The lowest BCUT2D eigenvalue weighted by molar-refractivity contribution is 0.725. The van der Waals surface area contributed by atoms with E-state index in [9.17, 15) is 0 Å². The van der Waals surface area contributed by atoms with Crippen molar-refractivity contribution in [2.45, 2.75) is 19.8 Å². The lowest BCUT2D eigenvalue weighted by atomic mass is 10.2. The number of benzene rings is 1. The van der Waals surface area contributed by atoms with Gasteiger partial charge in [0.1, 0.15) is 5.82 Å². The maximum Gasteiger partial charge on any atom is 0.180 e. The predicted molar refractivity (Wildman–Crippen MR) is 89.1 cm³/mol. The lowest BCUT2D eigenvalue weighted by Gasteiger charge is -2.11. The fraction of sp³-hybridized carbons (Fsp3) is 0.267. The number of rotatable bonds is 1. The molecule has 0 unspecified atom stereocenters. The first kappa shape index (κ1) is 13.7. The molecule has 22 heavy (non-hydrogen) atoms. The Morgan fingerprint density at radius 1 is 1.36 bits per heavy atom. The number of hydrogen-bond acceptors (Lipinski definition) is 5. The molecule has 1 aliphatic heterocycles. The Morgan fingerprint density at radius 3 is 3.00 bits per heavy atom. The van der Waals surface area contributed by atoms with Gasteiger partial charge in [-0.1, -0.05) is 18.5 Å². The van der Waals surface area contributed by atoms with Crippen molar-refractivity contribution in [1.82, 2.24) is 19.7 Å². The molecule has 7 heteroatoms. The number of hydrogen-bond donors (Lipinski definition) is 1. The van der Waals surface area contributed by atoms with E-state index in [4.69, 9.17) is 11.6 Å². The third-order valence-corrected chi connectivity index (χ3v) is 4.91. The Bertz CT molecular complexity index is 853. The van der Waals surface area contributed by atoms with Crippen LogP contribution in [0.3, 0.4) is 0 Å². The van der Waals surface area contributed by atoms with Crippen LogP contribution in [0.15, 0.2) is 24.4 Å². The summed E-state index contributed by atoms with van der Waals surface area (Å²) in [4.78, 5) is 5.35. The van der Waals surface area contributed by atoms with Crippen LogP contribution in [0.1, 0.15) is 23.7 Å². The standard InChI is InChI=1S/C15H14ClN5S/c1-8-6-18-11-5-10(16)3-4-12(11)21-14(8)19-20-15(21)13-7-17-9(2)22-13/h3-5,7-8,18H,6H2,1-2H3/t8-/m1/s1. The van der Waals surface area contributed by atoms with Crippen molar-refractivity contribution in [2.75, 3.05) is 11.9 Å². The molecule has 0 saturated heterocycles. The van der Waals surface area contributed by atoms with E-state index >= 15 is 0 Å². The summed E-state index contributed by atoms with van der Waals surface area (Å²) < 4.78 is 2.11. The SMILES string of the molecule is Cc1ncc(-c2nnc3n2-c2ccc(Cl)cc2NC[C@H]3C)s1. The van der Waals surface area contributed by atoms with Gasteiger partial charge in [-0.3, -0.25) is 4.57 Å². The number of halogens is 1. The molecule has 0 aliphatic carbocycles. The summed E-state index contributed by atoms with van der Waals surface area (Å²) in [7, 11) is 0. The number of nitrogens with one attached hydrogen (secondary N) is 1. The molecule has 4 rings (SSSR count). The average Bonchev–Trinajstić information content (AvgIpc) is 3.08. The first-order valence-corrected chi connectivity index (χ1v) is 8.25. The smallest absolute Gasteiger partial charge is 0.180 e. The molecule has 1 aliphatic rings. The van der Waals surface area contributed by atoms with Gasteiger partial charge < -0.3 is 5.32 Å². The van der Waals surface area contributed by atoms with Crippen molar-refractivity contribution in [2.24, 2.45) is 0 Å². The van der Waals surface area contributed by atoms with Crippen LogP contribution in [0.5, 0.6) is 0 Å². The highest BCUT2D eigenvalue weighted by Crippen LogP contribution is 2.35. The zero-order chi connectivity index (χ0) is 15.3. The molecule has 3 aromatic rings. The van der Waals surface area contributed by atoms with Crippen molar-refractivity contribution >= 4 is 28.6 Å². The van der Waals surface area contributed by atoms with Crippen molar-refractivity contribution in [3.63, 3.8) is 0 Å². The minimum absolute atomic E-state index is 0.251. The minimum Gasteiger partial charge on any atom is -0.383 e. The second kappa shape index (κ2) is 5.07. The molecule has 1 N–H and O–H groups in total. The average molecular weight is 332 g/mol. The summed E-state index contributed by atoms with van der Waals surface area (Å²) in [5, 5.41) is 14.0. The zero-order valence-electron chi connectivity index (χ0n) is 12.2. The highest BCUT2D eigenvalue weighted by atomic mass is 35.5. The van der Waals surface area contributed by atoms with Crippen LogP contribution in [-0.2, 0) is 0 Å². The van der Waals surface area contributed by atoms with E-state index in [1.54, 1.807) is 11.3 Å². The third-order valence-electron chi connectivity index (χ3n) is 3.77. The largest absolute Gasteiger partial charge is 0.383 e. The molecule has 112 valence electrons. The topological polar surface area (TPSA) is 55.6 Å². The van der Waals surface area contributed by atoms with Gasteiger partial charge in [0.15, 0.2) is 5.82 Å². The number of thiazole rings is 1. The van der Waals surface area contributed by atoms with Crippen molar-refractivity contribution in [3.8, 4) is 16.4 Å². The van der Waals surface area contributed by atoms with Crippen molar-refractivity contribution in [3.05, 3.63) is 40.3 Å². The first-order valence-electron chi connectivity index (χ1n) is 7.05. The summed E-state index contributed by atoms with van der Waals surface area (Å²) in [6, 6.07) is 5.84. The molecule has 1 aromatic carbocycles. The van der Waals surface area contributed by atoms with Gasteiger partial charge in [0.2, 0.25) is 0 Å². The summed E-state index contributed by atoms with van der Waals surface area (Å²) in [6.07, 6.45) is 1.86. The maximum atomic E-state index is 6.14. The molecule has 0 bridgehead atoms. The van der Waals surface area contributed by atoms with E-state index in [1.807, 2.05) is 31.3 Å². The molecule has 0 saturated carbocycles. The Balaban J connectivity index is 1.99. The molecular formula is C15H14ClN5S. The Kier molecular flexibility index (Phi) is 3.16. The van der Waals surface area contributed by atoms with Crippen LogP contribution in [0.2, 0.25) is 5.02 Å². The quantitative estimate of drug-likeness (QED) is 0.735. The molecule has 2 aromatic heterocycles. The van der Waals surface area contributed by atoms with Crippen LogP contribution in [0.4, 0.5) is 5.69 Å². The lowest BCUT2D eigenvalue weighted by Crippen LogP contribution is -2.09. The maximum absolute atomic E-state index is 6.14. The van der Waals surface area contributed by atoms with Crippen LogP contribution < -0.4 is 5.32 Å². The summed E-state index contributed by atoms with van der Waals surface area (Å²) >= 11 is 7.76. The second-order valence-electron chi connectivity index (χ2n) is 5.40. The molecule has 5 nitrogen and oxygen atoms in total. The van der Waals surface area contributed by atoms with Crippen molar-refractivity contribution in [1.29, 1.82) is 0 Å². The number of anilines is 1.